The second kappa shape index (κ2) is 8.04. The molecule has 1 atom stereocenters. The Morgan fingerprint density at radius 2 is 2.00 bits per heavy atom. The van der Waals surface area contributed by atoms with Gasteiger partial charge in [0.25, 0.3) is 0 Å². The molecule has 2 nitrogen and oxygen atoms in total. The average Bonchev–Trinajstić information content (AvgIpc) is 2.38. The van der Waals surface area contributed by atoms with Gasteiger partial charge in [0.05, 0.1) is 4.47 Å². The van der Waals surface area contributed by atoms with Gasteiger partial charge in [-0.2, -0.15) is 0 Å². The van der Waals surface area contributed by atoms with E-state index in [9.17, 15) is 9.18 Å². The average molecular weight is 358 g/mol. The summed E-state index contributed by atoms with van der Waals surface area (Å²) in [5.74, 6) is 0.256. The molecule has 21 heavy (non-hydrogen) atoms. The number of carbonyl (C=O) groups excluding carboxylic acids is 1. The molecule has 0 heterocycles. The highest BCUT2D eigenvalue weighted by atomic mass is 79.9. The number of nitrogens with two attached hydrogens (primary N) is 1. The summed E-state index contributed by atoms with van der Waals surface area (Å²) in [5, 5.41) is 0. The molecule has 1 aromatic carbocycles. The van der Waals surface area contributed by atoms with Crippen LogP contribution in [-0.4, -0.2) is 12.3 Å². The van der Waals surface area contributed by atoms with Crippen LogP contribution in [0.1, 0.15) is 45.6 Å². The van der Waals surface area contributed by atoms with Crippen LogP contribution in [-0.2, 0) is 11.2 Å². The molecular formula is C17H25BrFNO. The summed E-state index contributed by atoms with van der Waals surface area (Å²) >= 11 is 3.20. The second-order valence-electron chi connectivity index (χ2n) is 6.61. The molecule has 0 aliphatic rings. The van der Waals surface area contributed by atoms with E-state index in [2.05, 4.69) is 36.7 Å². The van der Waals surface area contributed by atoms with E-state index >= 15 is 0 Å². The highest BCUT2D eigenvalue weighted by Gasteiger charge is 2.24. The van der Waals surface area contributed by atoms with Crippen molar-refractivity contribution in [1.82, 2.24) is 0 Å². The maximum atomic E-state index is 13.4. The third kappa shape index (κ3) is 5.87. The molecular weight excluding hydrogens is 333 g/mol. The van der Waals surface area contributed by atoms with Crippen LogP contribution in [0.4, 0.5) is 4.39 Å². The van der Waals surface area contributed by atoms with E-state index in [-0.39, 0.29) is 23.4 Å². The Hall–Kier alpha value is -0.740. The van der Waals surface area contributed by atoms with Crippen molar-refractivity contribution in [3.05, 3.63) is 34.1 Å². The number of benzene rings is 1. The summed E-state index contributed by atoms with van der Waals surface area (Å²) in [6, 6.07) is 4.80. The Labute approximate surface area is 135 Å². The standard InChI is InChI=1S/C17H25BrFNO/c1-17(2,3)13(9-10-20)7-8-14(21)11-12-5-4-6-15(19)16(12)18/h4-6,13H,7-11,20H2,1-3H3. The van der Waals surface area contributed by atoms with E-state index in [1.807, 2.05) is 0 Å². The molecule has 0 aliphatic carbocycles. The summed E-state index contributed by atoms with van der Waals surface area (Å²) in [6.07, 6.45) is 2.57. The molecule has 0 saturated heterocycles. The van der Waals surface area contributed by atoms with Gasteiger partial charge >= 0.3 is 0 Å². The first-order valence-electron chi connectivity index (χ1n) is 7.40. The molecule has 0 fully saturated rings. The minimum absolute atomic E-state index is 0.146. The molecule has 0 spiro atoms. The summed E-state index contributed by atoms with van der Waals surface area (Å²) in [7, 11) is 0. The van der Waals surface area contributed by atoms with Gasteiger partial charge in [-0.1, -0.05) is 32.9 Å². The van der Waals surface area contributed by atoms with Crippen LogP contribution in [0.15, 0.2) is 22.7 Å². The van der Waals surface area contributed by atoms with Gasteiger partial charge in [0.1, 0.15) is 11.6 Å². The summed E-state index contributed by atoms with van der Waals surface area (Å²) in [4.78, 5) is 12.1. The Morgan fingerprint density at radius 1 is 1.33 bits per heavy atom. The molecule has 2 N–H and O–H groups in total. The molecule has 0 amide bonds. The fourth-order valence-corrected chi connectivity index (χ4v) is 2.94. The molecule has 118 valence electrons. The third-order valence-electron chi connectivity index (χ3n) is 3.93. The largest absolute Gasteiger partial charge is 0.330 e. The van der Waals surface area contributed by atoms with Crippen LogP contribution in [0.2, 0.25) is 0 Å². The lowest BCUT2D eigenvalue weighted by atomic mass is 9.76. The van der Waals surface area contributed by atoms with E-state index in [1.54, 1.807) is 12.1 Å². The molecule has 1 aromatic rings. The third-order valence-corrected chi connectivity index (χ3v) is 4.82. The first-order chi connectivity index (χ1) is 9.75. The predicted octanol–water partition coefficient (Wildman–Crippen LogP) is 4.49. The zero-order chi connectivity index (χ0) is 16.0. The van der Waals surface area contributed by atoms with Gasteiger partial charge in [-0.15, -0.1) is 0 Å². The normalized spacial score (nSPS) is 13.2. The van der Waals surface area contributed by atoms with E-state index in [1.165, 1.54) is 6.07 Å². The van der Waals surface area contributed by atoms with Gasteiger partial charge in [-0.05, 0) is 58.3 Å². The number of hydrogen-bond acceptors (Lipinski definition) is 2. The number of rotatable bonds is 7. The fourth-order valence-electron chi connectivity index (χ4n) is 2.53. The number of halogens is 2. The van der Waals surface area contributed by atoms with E-state index in [4.69, 9.17) is 5.73 Å². The fraction of sp³-hybridized carbons (Fsp3) is 0.588. The zero-order valence-corrected chi connectivity index (χ0v) is 14.7. The quantitative estimate of drug-likeness (QED) is 0.780. The minimum Gasteiger partial charge on any atom is -0.330 e. The van der Waals surface area contributed by atoms with Gasteiger partial charge in [0, 0.05) is 12.8 Å². The monoisotopic (exact) mass is 357 g/mol. The van der Waals surface area contributed by atoms with Crippen molar-refractivity contribution in [2.75, 3.05) is 6.54 Å². The van der Waals surface area contributed by atoms with Crippen LogP contribution in [0, 0.1) is 17.2 Å². The van der Waals surface area contributed by atoms with E-state index in [0.29, 0.717) is 28.9 Å². The number of ketones is 1. The molecule has 1 unspecified atom stereocenters. The molecule has 0 saturated carbocycles. The lowest BCUT2D eigenvalue weighted by molar-refractivity contribution is -0.118. The Kier molecular flexibility index (Phi) is 7.01. The lowest BCUT2D eigenvalue weighted by Crippen LogP contribution is -2.24. The van der Waals surface area contributed by atoms with Crippen molar-refractivity contribution in [3.8, 4) is 0 Å². The number of Topliss-reactive ketones (excluding diaryl/α,β-unsaturated/α-hetero) is 1. The summed E-state index contributed by atoms with van der Waals surface area (Å²) in [5.41, 5.74) is 6.53. The van der Waals surface area contributed by atoms with E-state index in [0.717, 1.165) is 12.8 Å². The van der Waals surface area contributed by atoms with Crippen molar-refractivity contribution in [1.29, 1.82) is 0 Å². The zero-order valence-electron chi connectivity index (χ0n) is 13.1. The van der Waals surface area contributed by atoms with Gasteiger partial charge in [0.15, 0.2) is 0 Å². The maximum absolute atomic E-state index is 13.4. The SMILES string of the molecule is CC(C)(C)C(CCN)CCC(=O)Cc1cccc(F)c1Br. The smallest absolute Gasteiger partial charge is 0.137 e. The second-order valence-corrected chi connectivity index (χ2v) is 7.40. The van der Waals surface area contributed by atoms with Crippen LogP contribution in [0.3, 0.4) is 0 Å². The molecule has 4 heteroatoms. The molecule has 1 rings (SSSR count). The van der Waals surface area contributed by atoms with Crippen LogP contribution < -0.4 is 5.73 Å². The first-order valence-corrected chi connectivity index (χ1v) is 8.19. The molecule has 0 bridgehead atoms. The van der Waals surface area contributed by atoms with Crippen LogP contribution in [0.5, 0.6) is 0 Å². The maximum Gasteiger partial charge on any atom is 0.137 e. The van der Waals surface area contributed by atoms with Crippen molar-refractivity contribution in [3.63, 3.8) is 0 Å². The highest BCUT2D eigenvalue weighted by molar-refractivity contribution is 9.10. The molecule has 0 radical (unpaired) electrons. The van der Waals surface area contributed by atoms with Gasteiger partial charge in [-0.25, -0.2) is 4.39 Å². The Bertz CT molecular complexity index is 482. The topological polar surface area (TPSA) is 43.1 Å². The molecule has 0 aliphatic heterocycles. The number of carbonyl (C=O) groups is 1. The Morgan fingerprint density at radius 3 is 2.57 bits per heavy atom. The minimum atomic E-state index is -0.323. The summed E-state index contributed by atoms with van der Waals surface area (Å²) < 4.78 is 13.8. The highest BCUT2D eigenvalue weighted by Crippen LogP contribution is 2.32. The molecule has 0 aromatic heterocycles. The number of hydrogen-bond donors (Lipinski definition) is 1. The predicted molar refractivity (Wildman–Crippen MR) is 88.7 cm³/mol. The van der Waals surface area contributed by atoms with Gasteiger partial charge in [0.2, 0.25) is 0 Å². The van der Waals surface area contributed by atoms with E-state index < -0.39 is 0 Å². The van der Waals surface area contributed by atoms with Gasteiger partial charge < -0.3 is 5.73 Å². The lowest BCUT2D eigenvalue weighted by Gasteiger charge is -2.30. The van der Waals surface area contributed by atoms with Crippen molar-refractivity contribution < 1.29 is 9.18 Å². The first kappa shape index (κ1) is 18.3. The van der Waals surface area contributed by atoms with Crippen LogP contribution in [0.25, 0.3) is 0 Å². The Balaban J connectivity index is 2.59. The van der Waals surface area contributed by atoms with Crippen molar-refractivity contribution >= 4 is 21.7 Å². The van der Waals surface area contributed by atoms with Crippen molar-refractivity contribution in [2.24, 2.45) is 17.1 Å². The van der Waals surface area contributed by atoms with Crippen LogP contribution >= 0.6 is 15.9 Å². The summed E-state index contributed by atoms with van der Waals surface area (Å²) in [6.45, 7) is 7.19. The van der Waals surface area contributed by atoms with Crippen molar-refractivity contribution in [2.45, 2.75) is 46.5 Å². The van der Waals surface area contributed by atoms with Gasteiger partial charge in [-0.3, -0.25) is 4.79 Å².